The first-order chi connectivity index (χ1) is 8.34. The van der Waals surface area contributed by atoms with Crippen LogP contribution < -0.4 is 0 Å². The van der Waals surface area contributed by atoms with E-state index in [4.69, 9.17) is 0 Å². The van der Waals surface area contributed by atoms with Crippen molar-refractivity contribution >= 4 is 0 Å². The number of benzene rings is 1. The number of unbranched alkanes of at least 4 members (excludes halogenated alkanes) is 4. The van der Waals surface area contributed by atoms with Crippen molar-refractivity contribution in [1.82, 2.24) is 0 Å². The summed E-state index contributed by atoms with van der Waals surface area (Å²) in [6.07, 6.45) is 13.7. The van der Waals surface area contributed by atoms with Gasteiger partial charge in [0.25, 0.3) is 0 Å². The van der Waals surface area contributed by atoms with E-state index in [1.54, 1.807) is 0 Å². The minimum Gasteiger partial charge on any atom is -0.0888 e. The molecular weight excluding hydrogens is 204 g/mol. The molecule has 0 unspecified atom stereocenters. The van der Waals surface area contributed by atoms with E-state index >= 15 is 0 Å². The zero-order valence-corrected chi connectivity index (χ0v) is 11.4. The van der Waals surface area contributed by atoms with Crippen LogP contribution in [0.15, 0.2) is 36.4 Å². The Bertz CT molecular complexity index is 323. The molecule has 0 heteroatoms. The third kappa shape index (κ3) is 6.31. The first-order valence-electron chi connectivity index (χ1n) is 7.04. The highest BCUT2D eigenvalue weighted by Gasteiger charge is 1.96. The molecule has 0 spiro atoms. The summed E-state index contributed by atoms with van der Waals surface area (Å²) in [5, 5.41) is 0. The number of aryl methyl sites for hydroxylation is 2. The van der Waals surface area contributed by atoms with E-state index in [1.165, 1.54) is 56.1 Å². The molecule has 0 heterocycles. The van der Waals surface area contributed by atoms with Gasteiger partial charge in [-0.3, -0.25) is 0 Å². The minimum atomic E-state index is 1.17. The van der Waals surface area contributed by atoms with Crippen LogP contribution in [0.2, 0.25) is 0 Å². The van der Waals surface area contributed by atoms with Gasteiger partial charge in [-0.1, -0.05) is 56.2 Å². The van der Waals surface area contributed by atoms with Crippen LogP contribution in [0.4, 0.5) is 0 Å². The molecule has 0 aromatic heterocycles. The summed E-state index contributed by atoms with van der Waals surface area (Å²) in [7, 11) is 0. The normalized spacial score (nSPS) is 11.2. The number of rotatable bonds is 8. The summed E-state index contributed by atoms with van der Waals surface area (Å²) in [6.45, 7) is 4.41. The van der Waals surface area contributed by atoms with Gasteiger partial charge in [-0.05, 0) is 50.2 Å². The molecule has 0 atom stereocenters. The summed E-state index contributed by atoms with van der Waals surface area (Å²) in [4.78, 5) is 0. The molecule has 0 nitrogen and oxygen atoms in total. The van der Waals surface area contributed by atoms with E-state index in [0.29, 0.717) is 0 Å². The lowest BCUT2D eigenvalue weighted by atomic mass is 10.0. The van der Waals surface area contributed by atoms with Crippen molar-refractivity contribution in [2.75, 3.05) is 0 Å². The van der Waals surface area contributed by atoms with Gasteiger partial charge in [0.1, 0.15) is 0 Å². The number of allylic oxidation sites excluding steroid dienone is 2. The summed E-state index contributed by atoms with van der Waals surface area (Å²) in [6, 6.07) is 8.75. The van der Waals surface area contributed by atoms with Crippen LogP contribution in [0.5, 0.6) is 0 Å². The lowest BCUT2D eigenvalue weighted by Crippen LogP contribution is -1.89. The van der Waals surface area contributed by atoms with E-state index in [-0.39, 0.29) is 0 Å². The van der Waals surface area contributed by atoms with Crippen LogP contribution in [0.25, 0.3) is 0 Å². The van der Waals surface area contributed by atoms with Crippen molar-refractivity contribution in [3.8, 4) is 0 Å². The van der Waals surface area contributed by atoms with Crippen LogP contribution in [0.1, 0.15) is 56.6 Å². The van der Waals surface area contributed by atoms with Crippen molar-refractivity contribution in [3.05, 3.63) is 47.5 Å². The molecule has 0 aliphatic rings. The second-order valence-electron chi connectivity index (χ2n) is 4.76. The van der Waals surface area contributed by atoms with E-state index in [0.717, 1.165) is 0 Å². The maximum Gasteiger partial charge on any atom is -0.0276 e. The minimum absolute atomic E-state index is 1.17. The molecule has 17 heavy (non-hydrogen) atoms. The lowest BCUT2D eigenvalue weighted by Gasteiger charge is -2.04. The molecule has 94 valence electrons. The fourth-order valence-electron chi connectivity index (χ4n) is 2.11. The van der Waals surface area contributed by atoms with Crippen molar-refractivity contribution in [2.24, 2.45) is 0 Å². The van der Waals surface area contributed by atoms with Crippen LogP contribution in [-0.4, -0.2) is 0 Å². The topological polar surface area (TPSA) is 0 Å². The molecule has 0 saturated heterocycles. The third-order valence-corrected chi connectivity index (χ3v) is 3.23. The molecule has 0 fully saturated rings. The van der Waals surface area contributed by atoms with Crippen LogP contribution in [-0.2, 0) is 6.42 Å². The Kier molecular flexibility index (Phi) is 7.46. The molecule has 0 N–H and O–H groups in total. The largest absolute Gasteiger partial charge is 0.0888 e. The van der Waals surface area contributed by atoms with E-state index in [2.05, 4.69) is 50.3 Å². The van der Waals surface area contributed by atoms with Gasteiger partial charge in [-0.25, -0.2) is 0 Å². The molecule has 0 aliphatic carbocycles. The molecule has 0 saturated carbocycles. The highest BCUT2D eigenvalue weighted by Crippen LogP contribution is 2.12. The molecule has 0 radical (unpaired) electrons. The number of hydrogen-bond acceptors (Lipinski definition) is 0. The first-order valence-corrected chi connectivity index (χ1v) is 7.04. The van der Waals surface area contributed by atoms with Crippen molar-refractivity contribution in [1.29, 1.82) is 0 Å². The van der Waals surface area contributed by atoms with Gasteiger partial charge in [0, 0.05) is 0 Å². The van der Waals surface area contributed by atoms with Crippen molar-refractivity contribution < 1.29 is 0 Å². The van der Waals surface area contributed by atoms with E-state index < -0.39 is 0 Å². The maximum absolute atomic E-state index is 2.32. The Morgan fingerprint density at radius 1 is 0.941 bits per heavy atom. The summed E-state index contributed by atoms with van der Waals surface area (Å²) >= 11 is 0. The second-order valence-corrected chi connectivity index (χ2v) is 4.76. The van der Waals surface area contributed by atoms with E-state index in [1.807, 2.05) is 0 Å². The Labute approximate surface area is 107 Å². The summed E-state index contributed by atoms with van der Waals surface area (Å²) in [5.41, 5.74) is 2.97. The molecular formula is C17H26. The molecule has 1 aromatic carbocycles. The molecule has 0 amide bonds. The highest BCUT2D eigenvalue weighted by molar-refractivity contribution is 5.25. The summed E-state index contributed by atoms with van der Waals surface area (Å²) in [5.74, 6) is 0. The van der Waals surface area contributed by atoms with Crippen molar-refractivity contribution in [3.63, 3.8) is 0 Å². The molecule has 1 rings (SSSR count). The van der Waals surface area contributed by atoms with Gasteiger partial charge in [0.05, 0.1) is 0 Å². The standard InChI is InChI=1S/C17H26/c1-3-4-5-6-7-8-9-10-14-17-15-12-11-13-16(17)2/h4-5,11-13,15H,3,6-10,14H2,1-2H3. The van der Waals surface area contributed by atoms with Gasteiger partial charge in [-0.15, -0.1) is 0 Å². The van der Waals surface area contributed by atoms with Crippen LogP contribution >= 0.6 is 0 Å². The zero-order valence-electron chi connectivity index (χ0n) is 11.4. The van der Waals surface area contributed by atoms with Gasteiger partial charge in [-0.2, -0.15) is 0 Å². The first kappa shape index (κ1) is 14.0. The monoisotopic (exact) mass is 230 g/mol. The maximum atomic E-state index is 2.32. The van der Waals surface area contributed by atoms with E-state index in [9.17, 15) is 0 Å². The Hall–Kier alpha value is -1.04. The lowest BCUT2D eigenvalue weighted by molar-refractivity contribution is 0.645. The quantitative estimate of drug-likeness (QED) is 0.411. The van der Waals surface area contributed by atoms with Gasteiger partial charge in [0.2, 0.25) is 0 Å². The molecule has 0 aliphatic heterocycles. The fourth-order valence-corrected chi connectivity index (χ4v) is 2.11. The van der Waals surface area contributed by atoms with Gasteiger partial charge >= 0.3 is 0 Å². The SMILES string of the molecule is CCC=CCCCCCCc1ccccc1C. The number of hydrogen-bond donors (Lipinski definition) is 0. The average Bonchev–Trinajstić information content (AvgIpc) is 2.35. The zero-order chi connectivity index (χ0) is 12.3. The highest BCUT2D eigenvalue weighted by atomic mass is 14.0. The Morgan fingerprint density at radius 2 is 1.71 bits per heavy atom. The Balaban J connectivity index is 2.05. The fraction of sp³-hybridized carbons (Fsp3) is 0.529. The summed E-state index contributed by atoms with van der Waals surface area (Å²) < 4.78 is 0. The third-order valence-electron chi connectivity index (χ3n) is 3.23. The van der Waals surface area contributed by atoms with Crippen LogP contribution in [0.3, 0.4) is 0 Å². The van der Waals surface area contributed by atoms with Gasteiger partial charge in [0.15, 0.2) is 0 Å². The van der Waals surface area contributed by atoms with Crippen molar-refractivity contribution in [2.45, 2.75) is 58.8 Å². The Morgan fingerprint density at radius 3 is 2.47 bits per heavy atom. The van der Waals surface area contributed by atoms with Gasteiger partial charge < -0.3 is 0 Å². The smallest absolute Gasteiger partial charge is 0.0276 e. The predicted molar refractivity (Wildman–Crippen MR) is 77.4 cm³/mol. The molecule has 0 bridgehead atoms. The predicted octanol–water partition coefficient (Wildman–Crippen LogP) is 5.45. The second kappa shape index (κ2) is 9.04. The average molecular weight is 230 g/mol. The molecule has 1 aromatic rings. The van der Waals surface area contributed by atoms with Crippen LogP contribution in [0, 0.1) is 6.92 Å².